The smallest absolute Gasteiger partial charge is 0.335 e. The molecule has 2 rings (SSSR count). The standard InChI is InChI=1S/C18H25N3O4/c22-16(20-15-10-8-13(9-11-15)17(23)24)7-4-12-19-18(25)21-14-5-2-1-3-6-14/h8-11,14H,1-7,12H2,(H,20,22)(H,23,24)(H2,19,21,25). The van der Waals surface area contributed by atoms with Gasteiger partial charge in [-0.05, 0) is 43.5 Å². The quantitative estimate of drug-likeness (QED) is 0.569. The maximum Gasteiger partial charge on any atom is 0.335 e. The highest BCUT2D eigenvalue weighted by molar-refractivity contribution is 5.92. The molecule has 0 heterocycles. The first-order chi connectivity index (χ1) is 12.0. The van der Waals surface area contributed by atoms with Crippen molar-refractivity contribution in [2.75, 3.05) is 11.9 Å². The van der Waals surface area contributed by atoms with E-state index in [1.807, 2.05) is 0 Å². The van der Waals surface area contributed by atoms with Gasteiger partial charge in [-0.1, -0.05) is 19.3 Å². The molecular weight excluding hydrogens is 322 g/mol. The highest BCUT2D eigenvalue weighted by atomic mass is 16.4. The van der Waals surface area contributed by atoms with Crippen molar-refractivity contribution >= 4 is 23.6 Å². The number of hydrogen-bond donors (Lipinski definition) is 4. The molecule has 1 fully saturated rings. The first-order valence-electron chi connectivity index (χ1n) is 8.72. The van der Waals surface area contributed by atoms with Crippen LogP contribution in [0.3, 0.4) is 0 Å². The van der Waals surface area contributed by atoms with Crippen LogP contribution in [-0.2, 0) is 4.79 Å². The van der Waals surface area contributed by atoms with Crippen molar-refractivity contribution in [3.8, 4) is 0 Å². The number of carboxylic acid groups (broad SMARTS) is 1. The largest absolute Gasteiger partial charge is 0.478 e. The molecule has 4 N–H and O–H groups in total. The third-order valence-electron chi connectivity index (χ3n) is 4.22. The van der Waals surface area contributed by atoms with E-state index in [-0.39, 0.29) is 30.0 Å². The molecule has 0 bridgehead atoms. The Bertz CT molecular complexity index is 595. The van der Waals surface area contributed by atoms with Crippen LogP contribution in [0.1, 0.15) is 55.3 Å². The van der Waals surface area contributed by atoms with E-state index in [9.17, 15) is 14.4 Å². The SMILES string of the molecule is O=C(CCCNC(=O)NC1CCCCC1)Nc1ccc(C(=O)O)cc1. The van der Waals surface area contributed by atoms with Crippen molar-refractivity contribution in [3.05, 3.63) is 29.8 Å². The number of aromatic carboxylic acids is 1. The van der Waals surface area contributed by atoms with Gasteiger partial charge in [0.2, 0.25) is 5.91 Å². The van der Waals surface area contributed by atoms with Crippen molar-refractivity contribution < 1.29 is 19.5 Å². The number of benzene rings is 1. The number of rotatable bonds is 7. The Morgan fingerprint density at radius 3 is 2.36 bits per heavy atom. The molecule has 136 valence electrons. The minimum Gasteiger partial charge on any atom is -0.478 e. The number of anilines is 1. The summed E-state index contributed by atoms with van der Waals surface area (Å²) >= 11 is 0. The number of urea groups is 1. The number of amides is 3. The first-order valence-corrected chi connectivity index (χ1v) is 8.72. The van der Waals surface area contributed by atoms with Crippen molar-refractivity contribution in [1.29, 1.82) is 0 Å². The van der Waals surface area contributed by atoms with E-state index in [0.717, 1.165) is 12.8 Å². The maximum absolute atomic E-state index is 11.8. The number of carbonyl (C=O) groups excluding carboxylic acids is 2. The molecule has 7 heteroatoms. The van der Waals surface area contributed by atoms with Gasteiger partial charge >= 0.3 is 12.0 Å². The lowest BCUT2D eigenvalue weighted by Crippen LogP contribution is -2.43. The first kappa shape index (κ1) is 18.8. The number of nitrogens with one attached hydrogen (secondary N) is 3. The molecular formula is C18H25N3O4. The molecule has 0 saturated heterocycles. The van der Waals surface area contributed by atoms with Gasteiger partial charge in [-0.25, -0.2) is 9.59 Å². The summed E-state index contributed by atoms with van der Waals surface area (Å²) in [5, 5.41) is 17.3. The molecule has 3 amide bonds. The molecule has 0 spiro atoms. The fourth-order valence-corrected chi connectivity index (χ4v) is 2.85. The third-order valence-corrected chi connectivity index (χ3v) is 4.22. The molecule has 0 aliphatic heterocycles. The molecule has 0 unspecified atom stereocenters. The van der Waals surface area contributed by atoms with Crippen LogP contribution in [0.25, 0.3) is 0 Å². The van der Waals surface area contributed by atoms with Gasteiger partial charge < -0.3 is 21.1 Å². The lowest BCUT2D eigenvalue weighted by Gasteiger charge is -2.22. The average Bonchev–Trinajstić information content (AvgIpc) is 2.60. The number of carbonyl (C=O) groups is 3. The van der Waals surface area contributed by atoms with E-state index in [1.165, 1.54) is 31.4 Å². The second-order valence-corrected chi connectivity index (χ2v) is 6.27. The topological polar surface area (TPSA) is 108 Å². The molecule has 1 aliphatic carbocycles. The van der Waals surface area contributed by atoms with Gasteiger partial charge in [0.15, 0.2) is 0 Å². The van der Waals surface area contributed by atoms with Gasteiger partial charge in [0.1, 0.15) is 0 Å². The second kappa shape index (κ2) is 9.66. The zero-order chi connectivity index (χ0) is 18.1. The predicted octanol–water partition coefficient (Wildman–Crippen LogP) is 2.74. The van der Waals surface area contributed by atoms with Crippen LogP contribution in [0.4, 0.5) is 10.5 Å². The minimum atomic E-state index is -1.00. The van der Waals surface area contributed by atoms with Gasteiger partial charge in [-0.3, -0.25) is 4.79 Å². The van der Waals surface area contributed by atoms with E-state index in [0.29, 0.717) is 18.7 Å². The summed E-state index contributed by atoms with van der Waals surface area (Å²) in [6.45, 7) is 0.434. The normalized spacial score (nSPS) is 14.6. The highest BCUT2D eigenvalue weighted by Crippen LogP contribution is 2.17. The molecule has 0 atom stereocenters. The summed E-state index contributed by atoms with van der Waals surface area (Å²) in [5.41, 5.74) is 0.726. The third kappa shape index (κ3) is 6.82. The Morgan fingerprint density at radius 2 is 1.72 bits per heavy atom. The van der Waals surface area contributed by atoms with Gasteiger partial charge in [-0.15, -0.1) is 0 Å². The molecule has 1 aromatic rings. The van der Waals surface area contributed by atoms with E-state index in [4.69, 9.17) is 5.11 Å². The van der Waals surface area contributed by atoms with Gasteiger partial charge in [0.05, 0.1) is 5.56 Å². The van der Waals surface area contributed by atoms with Gasteiger partial charge in [-0.2, -0.15) is 0 Å². The van der Waals surface area contributed by atoms with E-state index in [1.54, 1.807) is 12.1 Å². The van der Waals surface area contributed by atoms with Crippen LogP contribution >= 0.6 is 0 Å². The summed E-state index contributed by atoms with van der Waals surface area (Å²) in [5.74, 6) is -1.17. The highest BCUT2D eigenvalue weighted by Gasteiger charge is 2.15. The molecule has 1 saturated carbocycles. The van der Waals surface area contributed by atoms with Crippen LogP contribution in [0.15, 0.2) is 24.3 Å². The van der Waals surface area contributed by atoms with Crippen LogP contribution in [0.2, 0.25) is 0 Å². The zero-order valence-electron chi connectivity index (χ0n) is 14.2. The Hall–Kier alpha value is -2.57. The Balaban J connectivity index is 1.60. The van der Waals surface area contributed by atoms with E-state index in [2.05, 4.69) is 16.0 Å². The molecule has 1 aromatic carbocycles. The van der Waals surface area contributed by atoms with Crippen LogP contribution < -0.4 is 16.0 Å². The summed E-state index contributed by atoms with van der Waals surface area (Å²) < 4.78 is 0. The number of carboxylic acids is 1. The van der Waals surface area contributed by atoms with E-state index >= 15 is 0 Å². The van der Waals surface area contributed by atoms with Gasteiger partial charge in [0, 0.05) is 24.7 Å². The van der Waals surface area contributed by atoms with E-state index < -0.39 is 5.97 Å². The fraction of sp³-hybridized carbons (Fsp3) is 0.500. The Labute approximate surface area is 147 Å². The van der Waals surface area contributed by atoms with Crippen LogP contribution in [0.5, 0.6) is 0 Å². The molecule has 7 nitrogen and oxygen atoms in total. The molecule has 0 radical (unpaired) electrons. The monoisotopic (exact) mass is 347 g/mol. The molecule has 0 aromatic heterocycles. The number of hydrogen-bond acceptors (Lipinski definition) is 3. The predicted molar refractivity (Wildman–Crippen MR) is 94.7 cm³/mol. The fourth-order valence-electron chi connectivity index (χ4n) is 2.85. The van der Waals surface area contributed by atoms with Crippen LogP contribution in [-0.4, -0.2) is 35.6 Å². The summed E-state index contributed by atoms with van der Waals surface area (Å²) in [6.07, 6.45) is 6.47. The Morgan fingerprint density at radius 1 is 1.04 bits per heavy atom. The summed E-state index contributed by atoms with van der Waals surface area (Å²) in [4.78, 5) is 34.4. The van der Waals surface area contributed by atoms with Crippen LogP contribution in [0, 0.1) is 0 Å². The molecule has 1 aliphatic rings. The second-order valence-electron chi connectivity index (χ2n) is 6.27. The summed E-state index contributed by atoms with van der Waals surface area (Å²) in [7, 11) is 0. The average molecular weight is 347 g/mol. The van der Waals surface area contributed by atoms with Gasteiger partial charge in [0.25, 0.3) is 0 Å². The van der Waals surface area contributed by atoms with Crippen molar-refractivity contribution in [2.24, 2.45) is 0 Å². The van der Waals surface area contributed by atoms with Crippen molar-refractivity contribution in [2.45, 2.75) is 51.0 Å². The van der Waals surface area contributed by atoms with Crippen molar-refractivity contribution in [3.63, 3.8) is 0 Å². The molecule has 25 heavy (non-hydrogen) atoms. The lowest BCUT2D eigenvalue weighted by atomic mass is 9.96. The maximum atomic E-state index is 11.8. The lowest BCUT2D eigenvalue weighted by molar-refractivity contribution is -0.116. The Kier molecular flexibility index (Phi) is 7.25. The minimum absolute atomic E-state index is 0.169. The van der Waals surface area contributed by atoms with Crippen molar-refractivity contribution in [1.82, 2.24) is 10.6 Å². The summed E-state index contributed by atoms with van der Waals surface area (Å²) in [6, 6.07) is 6.08. The zero-order valence-corrected chi connectivity index (χ0v) is 14.2.